The normalized spacial score (nSPS) is 12.4. The van der Waals surface area contributed by atoms with Crippen LogP contribution in [0.4, 0.5) is 10.8 Å². The van der Waals surface area contributed by atoms with Gasteiger partial charge >= 0.3 is 0 Å². The van der Waals surface area contributed by atoms with E-state index in [2.05, 4.69) is 22.1 Å². The molecular weight excluding hydrogens is 404 g/mol. The van der Waals surface area contributed by atoms with E-state index >= 15 is 0 Å². The first-order chi connectivity index (χ1) is 12.8. The van der Waals surface area contributed by atoms with E-state index in [1.807, 2.05) is 19.1 Å². The molecule has 0 spiro atoms. The Hall–Kier alpha value is -1.91. The van der Waals surface area contributed by atoms with Crippen LogP contribution in [-0.2, 0) is 14.8 Å². The maximum atomic E-state index is 12.8. The Labute approximate surface area is 167 Å². The molecule has 0 fully saturated rings. The highest BCUT2D eigenvalue weighted by Gasteiger charge is 2.32. The summed E-state index contributed by atoms with van der Waals surface area (Å²) in [5, 5.41) is 11.0. The quantitative estimate of drug-likeness (QED) is 0.376. The topological polar surface area (TPSA) is 92.3 Å². The lowest BCUT2D eigenvalue weighted by atomic mass is 10.1. The van der Waals surface area contributed by atoms with Gasteiger partial charge in [-0.2, -0.15) is 0 Å². The van der Waals surface area contributed by atoms with E-state index in [1.54, 1.807) is 25.1 Å². The number of aryl methyl sites for hydroxylation is 1. The van der Waals surface area contributed by atoms with Gasteiger partial charge in [-0.3, -0.25) is 14.4 Å². The fraction of sp³-hybridized carbons (Fsp3) is 0.353. The molecule has 0 radical (unpaired) electrons. The monoisotopic (exact) mass is 426 g/mol. The molecule has 2 aromatic rings. The van der Waals surface area contributed by atoms with Crippen molar-refractivity contribution in [3.8, 4) is 0 Å². The maximum Gasteiger partial charge on any atom is 0.250 e. The van der Waals surface area contributed by atoms with Crippen LogP contribution in [0, 0.1) is 6.92 Å². The van der Waals surface area contributed by atoms with Crippen molar-refractivity contribution in [2.24, 2.45) is 0 Å². The van der Waals surface area contributed by atoms with Crippen LogP contribution in [0.15, 0.2) is 41.3 Å². The van der Waals surface area contributed by atoms with E-state index in [0.717, 1.165) is 16.1 Å². The van der Waals surface area contributed by atoms with Crippen molar-refractivity contribution >= 4 is 49.8 Å². The Morgan fingerprint density at radius 3 is 2.59 bits per heavy atom. The van der Waals surface area contributed by atoms with Crippen LogP contribution in [0.3, 0.4) is 0 Å². The van der Waals surface area contributed by atoms with Gasteiger partial charge in [0.25, 0.3) is 0 Å². The van der Waals surface area contributed by atoms with Crippen molar-refractivity contribution in [2.75, 3.05) is 21.6 Å². The second kappa shape index (κ2) is 9.34. The van der Waals surface area contributed by atoms with Gasteiger partial charge in [0, 0.05) is 5.75 Å². The SMILES string of the molecule is C=CCSc1nnc(NC(=O)[C@@H](CC)N(c2ccc(C)cc2)S(C)(=O)=O)s1. The molecule has 0 aliphatic rings. The molecule has 1 aromatic heterocycles. The smallest absolute Gasteiger partial charge is 0.250 e. The van der Waals surface area contributed by atoms with Crippen molar-refractivity contribution < 1.29 is 13.2 Å². The predicted molar refractivity (Wildman–Crippen MR) is 112 cm³/mol. The number of amides is 1. The zero-order valence-electron chi connectivity index (χ0n) is 15.4. The van der Waals surface area contributed by atoms with E-state index in [4.69, 9.17) is 0 Å². The molecule has 0 saturated heterocycles. The van der Waals surface area contributed by atoms with Crippen molar-refractivity contribution in [3.63, 3.8) is 0 Å². The number of thioether (sulfide) groups is 1. The molecule has 1 aromatic carbocycles. The van der Waals surface area contributed by atoms with Gasteiger partial charge in [0.15, 0.2) is 4.34 Å². The number of hydrogen-bond acceptors (Lipinski definition) is 7. The number of anilines is 2. The average Bonchev–Trinajstić information content (AvgIpc) is 3.05. The molecular formula is C17H22N4O3S3. The number of aromatic nitrogens is 2. The van der Waals surface area contributed by atoms with Crippen LogP contribution in [0.5, 0.6) is 0 Å². The highest BCUT2D eigenvalue weighted by Crippen LogP contribution is 2.27. The second-order valence-electron chi connectivity index (χ2n) is 5.78. The number of nitrogens with one attached hydrogen (secondary N) is 1. The molecule has 27 heavy (non-hydrogen) atoms. The number of carbonyl (C=O) groups is 1. The highest BCUT2D eigenvalue weighted by atomic mass is 32.2. The standard InChI is InChI=1S/C17H22N4O3S3/c1-5-11-25-17-20-19-16(26-17)18-15(22)14(6-2)21(27(4,23)24)13-9-7-12(3)8-10-13/h5,7-10,14H,1,6,11H2,2-4H3,(H,18,19,22)/t14-/m1/s1. The molecule has 0 aliphatic heterocycles. The van der Waals surface area contributed by atoms with Crippen LogP contribution in [-0.4, -0.2) is 42.6 Å². The van der Waals surface area contributed by atoms with Gasteiger partial charge in [-0.05, 0) is 25.5 Å². The molecule has 1 heterocycles. The summed E-state index contributed by atoms with van der Waals surface area (Å²) < 4.78 is 26.7. The molecule has 7 nitrogen and oxygen atoms in total. The Morgan fingerprint density at radius 2 is 2.04 bits per heavy atom. The third kappa shape index (κ3) is 5.78. The van der Waals surface area contributed by atoms with Gasteiger partial charge in [-0.15, -0.1) is 16.8 Å². The lowest BCUT2D eigenvalue weighted by Gasteiger charge is -2.29. The Balaban J connectivity index is 2.25. The van der Waals surface area contributed by atoms with Crippen LogP contribution in [0.1, 0.15) is 18.9 Å². The molecule has 0 saturated carbocycles. The van der Waals surface area contributed by atoms with Gasteiger partial charge in [0.1, 0.15) is 6.04 Å². The fourth-order valence-electron chi connectivity index (χ4n) is 2.39. The summed E-state index contributed by atoms with van der Waals surface area (Å²) in [6, 6.07) is 6.12. The molecule has 0 unspecified atom stereocenters. The first-order valence-electron chi connectivity index (χ1n) is 8.20. The van der Waals surface area contributed by atoms with E-state index < -0.39 is 22.0 Å². The summed E-state index contributed by atoms with van der Waals surface area (Å²) in [6.07, 6.45) is 3.16. The summed E-state index contributed by atoms with van der Waals surface area (Å²) in [4.78, 5) is 12.8. The number of hydrogen-bond donors (Lipinski definition) is 1. The maximum absolute atomic E-state index is 12.8. The van der Waals surface area contributed by atoms with Gasteiger partial charge in [0.2, 0.25) is 21.1 Å². The molecule has 2 rings (SSSR count). The molecule has 146 valence electrons. The van der Waals surface area contributed by atoms with Gasteiger partial charge in [0.05, 0.1) is 11.9 Å². The summed E-state index contributed by atoms with van der Waals surface area (Å²) in [7, 11) is -3.66. The minimum absolute atomic E-state index is 0.309. The lowest BCUT2D eigenvalue weighted by molar-refractivity contribution is -0.117. The number of sulfonamides is 1. The lowest BCUT2D eigenvalue weighted by Crippen LogP contribution is -2.47. The van der Waals surface area contributed by atoms with Crippen LogP contribution in [0.2, 0.25) is 0 Å². The Bertz CT molecular complexity index is 894. The molecule has 1 N–H and O–H groups in total. The number of nitrogens with zero attached hydrogens (tertiary/aromatic N) is 3. The summed E-state index contributed by atoms with van der Waals surface area (Å²) >= 11 is 2.70. The third-order valence-corrected chi connectivity index (χ3v) is 6.73. The summed E-state index contributed by atoms with van der Waals surface area (Å²) in [6.45, 7) is 7.32. The molecule has 1 amide bonds. The fourth-order valence-corrected chi connectivity index (χ4v) is 5.12. The predicted octanol–water partition coefficient (Wildman–Crippen LogP) is 3.31. The molecule has 1 atom stereocenters. The van der Waals surface area contributed by atoms with Gasteiger partial charge < -0.3 is 0 Å². The van der Waals surface area contributed by atoms with Crippen LogP contribution >= 0.6 is 23.1 Å². The van der Waals surface area contributed by atoms with Crippen molar-refractivity contribution in [1.29, 1.82) is 0 Å². The number of rotatable bonds is 9. The Kier molecular flexibility index (Phi) is 7.40. The van der Waals surface area contributed by atoms with Crippen LogP contribution in [0.25, 0.3) is 0 Å². The first kappa shape index (κ1) is 21.4. The van der Waals surface area contributed by atoms with E-state index in [-0.39, 0.29) is 0 Å². The molecule has 10 heteroatoms. The van der Waals surface area contributed by atoms with Crippen LogP contribution < -0.4 is 9.62 Å². The van der Waals surface area contributed by atoms with Crippen molar-refractivity contribution in [3.05, 3.63) is 42.5 Å². The largest absolute Gasteiger partial charge is 0.299 e. The van der Waals surface area contributed by atoms with Crippen molar-refractivity contribution in [2.45, 2.75) is 30.6 Å². The zero-order valence-corrected chi connectivity index (χ0v) is 17.8. The zero-order chi connectivity index (χ0) is 20.0. The number of carbonyl (C=O) groups excluding carboxylic acids is 1. The first-order valence-corrected chi connectivity index (χ1v) is 11.9. The average molecular weight is 427 g/mol. The third-order valence-electron chi connectivity index (χ3n) is 3.58. The van der Waals surface area contributed by atoms with Crippen molar-refractivity contribution in [1.82, 2.24) is 10.2 Å². The highest BCUT2D eigenvalue weighted by molar-refractivity contribution is 8.01. The van der Waals surface area contributed by atoms with E-state index in [9.17, 15) is 13.2 Å². The molecule has 0 aliphatic carbocycles. The van der Waals surface area contributed by atoms with Gasteiger partial charge in [-0.25, -0.2) is 8.42 Å². The minimum atomic E-state index is -3.66. The Morgan fingerprint density at radius 1 is 1.37 bits per heavy atom. The summed E-state index contributed by atoms with van der Waals surface area (Å²) in [5.74, 6) is 0.245. The second-order valence-corrected chi connectivity index (χ2v) is 9.88. The number of benzene rings is 1. The minimum Gasteiger partial charge on any atom is -0.299 e. The molecule has 0 bridgehead atoms. The van der Waals surface area contributed by atoms with Gasteiger partial charge in [-0.1, -0.05) is 53.8 Å². The summed E-state index contributed by atoms with van der Waals surface area (Å²) in [5.41, 5.74) is 1.45. The van der Waals surface area contributed by atoms with E-state index in [1.165, 1.54) is 23.1 Å². The van der Waals surface area contributed by atoms with E-state index in [0.29, 0.717) is 27.3 Å².